The summed E-state index contributed by atoms with van der Waals surface area (Å²) < 4.78 is 2.14. The molecule has 0 aromatic carbocycles. The summed E-state index contributed by atoms with van der Waals surface area (Å²) in [6.45, 7) is 2.62. The summed E-state index contributed by atoms with van der Waals surface area (Å²) in [5.41, 5.74) is 5.74. The van der Waals surface area contributed by atoms with Gasteiger partial charge in [0.05, 0.1) is 6.54 Å². The first-order valence-corrected chi connectivity index (χ1v) is 7.91. The Morgan fingerprint density at radius 3 is 2.65 bits per heavy atom. The molecule has 0 spiro atoms. The maximum absolute atomic E-state index is 5.74. The molecule has 1 aliphatic heterocycles. The average molecular weight is 316 g/mol. The summed E-state index contributed by atoms with van der Waals surface area (Å²) in [5, 5.41) is 8.76. The third-order valence-corrected chi connectivity index (χ3v) is 4.26. The van der Waals surface area contributed by atoms with E-state index in [-0.39, 0.29) is 0 Å². The Bertz CT molecular complexity index is 657. The Morgan fingerprint density at radius 2 is 2.00 bits per heavy atom. The number of rotatable bonds is 4. The highest BCUT2D eigenvalue weighted by atomic mass is 15.3. The van der Waals surface area contributed by atoms with E-state index in [1.165, 1.54) is 0 Å². The fraction of sp³-hybridized carbons (Fsp3) is 0.600. The fourth-order valence-corrected chi connectivity index (χ4v) is 3.00. The molecule has 2 aromatic rings. The van der Waals surface area contributed by atoms with E-state index in [1.54, 1.807) is 12.3 Å². The van der Waals surface area contributed by atoms with Gasteiger partial charge in [-0.2, -0.15) is 4.98 Å². The molecular weight excluding hydrogens is 292 g/mol. The quantitative estimate of drug-likeness (QED) is 0.885. The number of piperidine rings is 1. The Labute approximate surface area is 136 Å². The third-order valence-electron chi connectivity index (χ3n) is 4.26. The molecule has 0 unspecified atom stereocenters. The van der Waals surface area contributed by atoms with Gasteiger partial charge in [0.1, 0.15) is 17.5 Å². The summed E-state index contributed by atoms with van der Waals surface area (Å²) in [5.74, 6) is 3.75. The first kappa shape index (κ1) is 15.7. The second-order valence-corrected chi connectivity index (χ2v) is 6.31. The second kappa shape index (κ2) is 6.49. The van der Waals surface area contributed by atoms with Crippen LogP contribution in [0.2, 0.25) is 0 Å². The maximum atomic E-state index is 5.74. The summed E-state index contributed by atoms with van der Waals surface area (Å²) >= 11 is 0. The van der Waals surface area contributed by atoms with Gasteiger partial charge in [-0.25, -0.2) is 4.98 Å². The lowest BCUT2D eigenvalue weighted by Gasteiger charge is -2.31. The zero-order valence-corrected chi connectivity index (χ0v) is 14.0. The molecule has 1 aliphatic rings. The van der Waals surface area contributed by atoms with E-state index in [4.69, 9.17) is 5.73 Å². The smallest absolute Gasteiger partial charge is 0.227 e. The average Bonchev–Trinajstić information content (AvgIpc) is 2.88. The number of hydrogen-bond donors (Lipinski definition) is 1. The van der Waals surface area contributed by atoms with Crippen LogP contribution in [0.3, 0.4) is 0 Å². The number of anilines is 2. The molecule has 23 heavy (non-hydrogen) atoms. The maximum Gasteiger partial charge on any atom is 0.227 e. The van der Waals surface area contributed by atoms with Gasteiger partial charge in [0.2, 0.25) is 5.95 Å². The fourth-order valence-electron chi connectivity index (χ4n) is 3.00. The molecule has 0 saturated carbocycles. The lowest BCUT2D eigenvalue weighted by atomic mass is 9.96. The molecule has 0 atom stereocenters. The molecule has 0 radical (unpaired) electrons. The minimum Gasteiger partial charge on any atom is -0.384 e. The van der Waals surface area contributed by atoms with Crippen LogP contribution in [0, 0.1) is 0 Å². The van der Waals surface area contributed by atoms with Gasteiger partial charge in [-0.05, 0) is 33.0 Å². The zero-order valence-electron chi connectivity index (χ0n) is 14.0. The van der Waals surface area contributed by atoms with Crippen LogP contribution < -0.4 is 10.6 Å². The molecule has 124 valence electrons. The summed E-state index contributed by atoms with van der Waals surface area (Å²) in [6, 6.07) is 1.71. The number of nitrogen functional groups attached to an aromatic ring is 1. The molecule has 2 N–H and O–H groups in total. The molecule has 2 aromatic heterocycles. The first-order chi connectivity index (χ1) is 11.0. The van der Waals surface area contributed by atoms with E-state index in [0.717, 1.165) is 50.1 Å². The topological polar surface area (TPSA) is 89.0 Å². The van der Waals surface area contributed by atoms with Gasteiger partial charge in [-0.15, -0.1) is 10.2 Å². The van der Waals surface area contributed by atoms with Crippen molar-refractivity contribution >= 4 is 11.8 Å². The second-order valence-electron chi connectivity index (χ2n) is 6.31. The van der Waals surface area contributed by atoms with Crippen LogP contribution in [0.15, 0.2) is 12.3 Å². The molecule has 8 nitrogen and oxygen atoms in total. The number of hydrogen-bond acceptors (Lipinski definition) is 7. The van der Waals surface area contributed by atoms with Crippen molar-refractivity contribution in [2.24, 2.45) is 7.05 Å². The van der Waals surface area contributed by atoms with Crippen LogP contribution in [0.5, 0.6) is 0 Å². The summed E-state index contributed by atoms with van der Waals surface area (Å²) in [4.78, 5) is 12.9. The number of nitrogens with two attached hydrogens (primary N) is 1. The Kier molecular flexibility index (Phi) is 4.42. The van der Waals surface area contributed by atoms with Crippen molar-refractivity contribution in [3.8, 4) is 0 Å². The number of nitrogens with zero attached hydrogens (tertiary/aromatic N) is 7. The minimum atomic E-state index is 0.431. The molecule has 1 saturated heterocycles. The molecule has 0 bridgehead atoms. The molecule has 3 rings (SSSR count). The highest BCUT2D eigenvalue weighted by Crippen LogP contribution is 2.28. The van der Waals surface area contributed by atoms with E-state index in [0.29, 0.717) is 11.7 Å². The minimum absolute atomic E-state index is 0.431. The molecule has 3 heterocycles. The van der Waals surface area contributed by atoms with Gasteiger partial charge in [0.15, 0.2) is 0 Å². The van der Waals surface area contributed by atoms with Crippen LogP contribution in [-0.2, 0) is 13.6 Å². The molecule has 0 amide bonds. The van der Waals surface area contributed by atoms with Crippen LogP contribution in [0.25, 0.3) is 0 Å². The highest BCUT2D eigenvalue weighted by molar-refractivity contribution is 5.38. The van der Waals surface area contributed by atoms with Crippen molar-refractivity contribution in [2.75, 3.05) is 37.8 Å². The summed E-state index contributed by atoms with van der Waals surface area (Å²) in [7, 11) is 6.14. The van der Waals surface area contributed by atoms with Gasteiger partial charge in [-0.1, -0.05) is 0 Å². The first-order valence-electron chi connectivity index (χ1n) is 7.91. The van der Waals surface area contributed by atoms with Crippen molar-refractivity contribution in [3.63, 3.8) is 0 Å². The standard InChI is InChI=1S/C15H24N8/c1-21(2)10-13-19-20-14(22(13)3)11-5-8-23(9-6-11)15-17-7-4-12(16)18-15/h4,7,11H,5-6,8-10H2,1-3H3,(H2,16,17,18). The number of aromatic nitrogens is 5. The van der Waals surface area contributed by atoms with Crippen molar-refractivity contribution < 1.29 is 0 Å². The molecule has 8 heteroatoms. The van der Waals surface area contributed by atoms with Crippen molar-refractivity contribution in [1.82, 2.24) is 29.6 Å². The Balaban J connectivity index is 1.66. The predicted molar refractivity (Wildman–Crippen MR) is 89.0 cm³/mol. The largest absolute Gasteiger partial charge is 0.384 e. The molecule has 0 aliphatic carbocycles. The van der Waals surface area contributed by atoms with Gasteiger partial charge < -0.3 is 20.1 Å². The normalized spacial score (nSPS) is 16.3. The van der Waals surface area contributed by atoms with Crippen molar-refractivity contribution in [3.05, 3.63) is 23.9 Å². The van der Waals surface area contributed by atoms with E-state index in [1.807, 2.05) is 14.1 Å². The van der Waals surface area contributed by atoms with Crippen LogP contribution in [0.4, 0.5) is 11.8 Å². The summed E-state index contributed by atoms with van der Waals surface area (Å²) in [6.07, 6.45) is 3.75. The zero-order chi connectivity index (χ0) is 16.4. The van der Waals surface area contributed by atoms with Gasteiger partial charge in [0.25, 0.3) is 0 Å². The molecule has 1 fully saturated rings. The SMILES string of the molecule is CN(C)Cc1nnc(C2CCN(c3nccc(N)n3)CC2)n1C. The van der Waals surface area contributed by atoms with Crippen LogP contribution in [0.1, 0.15) is 30.4 Å². The predicted octanol–water partition coefficient (Wildman–Crippen LogP) is 0.633. The Hall–Kier alpha value is -2.22. The van der Waals surface area contributed by atoms with E-state index in [9.17, 15) is 0 Å². The van der Waals surface area contributed by atoms with E-state index >= 15 is 0 Å². The van der Waals surface area contributed by atoms with Gasteiger partial charge in [0, 0.05) is 32.3 Å². The van der Waals surface area contributed by atoms with E-state index in [2.05, 4.69) is 41.6 Å². The monoisotopic (exact) mass is 316 g/mol. The van der Waals surface area contributed by atoms with Gasteiger partial charge >= 0.3 is 0 Å². The van der Waals surface area contributed by atoms with Crippen molar-refractivity contribution in [2.45, 2.75) is 25.3 Å². The lowest BCUT2D eigenvalue weighted by Crippen LogP contribution is -2.35. The lowest BCUT2D eigenvalue weighted by molar-refractivity contribution is 0.381. The van der Waals surface area contributed by atoms with Crippen molar-refractivity contribution in [1.29, 1.82) is 0 Å². The van der Waals surface area contributed by atoms with Gasteiger partial charge in [-0.3, -0.25) is 0 Å². The highest BCUT2D eigenvalue weighted by Gasteiger charge is 2.26. The van der Waals surface area contributed by atoms with E-state index < -0.39 is 0 Å². The van der Waals surface area contributed by atoms with Crippen LogP contribution in [-0.4, -0.2) is 56.8 Å². The molecular formula is C15H24N8. The third kappa shape index (κ3) is 3.42. The Morgan fingerprint density at radius 1 is 1.26 bits per heavy atom. The van der Waals surface area contributed by atoms with Crippen LogP contribution >= 0.6 is 0 Å².